The van der Waals surface area contributed by atoms with Gasteiger partial charge in [0.25, 0.3) is 0 Å². The third kappa shape index (κ3) is 2.76. The van der Waals surface area contributed by atoms with Crippen LogP contribution in [-0.2, 0) is 11.3 Å². The van der Waals surface area contributed by atoms with Gasteiger partial charge < -0.3 is 10.2 Å². The lowest BCUT2D eigenvalue weighted by Gasteiger charge is -2.30. The first-order chi connectivity index (χ1) is 9.74. The summed E-state index contributed by atoms with van der Waals surface area (Å²) in [4.78, 5) is 14.5. The number of likely N-dealkylation sites (N-methyl/N-ethyl adjacent to an activating group) is 1. The SMILES string of the molecule is CN1CC(NCc2cn[nH]c2-c2cccs2)CCC1=O. The molecule has 1 atom stereocenters. The van der Waals surface area contributed by atoms with Crippen LogP contribution < -0.4 is 5.32 Å². The fraction of sp³-hybridized carbons (Fsp3) is 0.429. The number of likely N-dealkylation sites (tertiary alicyclic amines) is 1. The van der Waals surface area contributed by atoms with Gasteiger partial charge in [-0.3, -0.25) is 9.89 Å². The fourth-order valence-electron chi connectivity index (χ4n) is 2.51. The average molecular weight is 290 g/mol. The summed E-state index contributed by atoms with van der Waals surface area (Å²) in [5.74, 6) is 0.241. The third-order valence-electron chi connectivity index (χ3n) is 3.69. The predicted molar refractivity (Wildman–Crippen MR) is 79.4 cm³/mol. The highest BCUT2D eigenvalue weighted by molar-refractivity contribution is 7.13. The van der Waals surface area contributed by atoms with E-state index in [4.69, 9.17) is 0 Å². The molecule has 5 nitrogen and oxygen atoms in total. The molecule has 20 heavy (non-hydrogen) atoms. The monoisotopic (exact) mass is 290 g/mol. The standard InChI is InChI=1S/C14H18N4OS/c1-18-9-11(4-5-13(18)19)15-7-10-8-16-17-14(10)12-3-2-6-20-12/h2-3,6,8,11,15H,4-5,7,9H2,1H3,(H,16,17). The first kappa shape index (κ1) is 13.3. The lowest BCUT2D eigenvalue weighted by molar-refractivity contribution is -0.132. The maximum absolute atomic E-state index is 11.5. The van der Waals surface area contributed by atoms with Crippen molar-refractivity contribution in [3.63, 3.8) is 0 Å². The number of nitrogens with zero attached hydrogens (tertiary/aromatic N) is 2. The maximum Gasteiger partial charge on any atom is 0.222 e. The number of carbonyl (C=O) groups is 1. The van der Waals surface area contributed by atoms with Crippen molar-refractivity contribution >= 4 is 17.2 Å². The summed E-state index contributed by atoms with van der Waals surface area (Å²) in [6.07, 6.45) is 3.42. The predicted octanol–water partition coefficient (Wildman–Crippen LogP) is 1.85. The first-order valence-electron chi connectivity index (χ1n) is 6.77. The van der Waals surface area contributed by atoms with Crippen molar-refractivity contribution in [3.8, 4) is 10.6 Å². The van der Waals surface area contributed by atoms with Crippen LogP contribution in [0.3, 0.4) is 0 Å². The summed E-state index contributed by atoms with van der Waals surface area (Å²) in [5.41, 5.74) is 2.26. The number of thiophene rings is 1. The van der Waals surface area contributed by atoms with Crippen molar-refractivity contribution in [3.05, 3.63) is 29.3 Å². The van der Waals surface area contributed by atoms with E-state index < -0.39 is 0 Å². The molecule has 0 saturated carbocycles. The number of piperidine rings is 1. The quantitative estimate of drug-likeness (QED) is 0.903. The Balaban J connectivity index is 1.62. The highest BCUT2D eigenvalue weighted by Crippen LogP contribution is 2.25. The van der Waals surface area contributed by atoms with E-state index in [-0.39, 0.29) is 5.91 Å². The zero-order valence-electron chi connectivity index (χ0n) is 11.4. The Hall–Kier alpha value is -1.66. The molecule has 1 unspecified atom stereocenters. The Bertz CT molecular complexity index is 578. The number of aromatic amines is 1. The number of nitrogens with one attached hydrogen (secondary N) is 2. The number of aromatic nitrogens is 2. The minimum absolute atomic E-state index is 0.241. The molecule has 2 aromatic rings. The number of hydrogen-bond acceptors (Lipinski definition) is 4. The van der Waals surface area contributed by atoms with E-state index in [1.807, 2.05) is 19.3 Å². The Kier molecular flexibility index (Phi) is 3.84. The van der Waals surface area contributed by atoms with E-state index in [9.17, 15) is 4.79 Å². The second-order valence-corrected chi connectivity index (χ2v) is 6.09. The largest absolute Gasteiger partial charge is 0.344 e. The minimum Gasteiger partial charge on any atom is -0.344 e. The summed E-state index contributed by atoms with van der Waals surface area (Å²) in [6.45, 7) is 1.56. The zero-order valence-corrected chi connectivity index (χ0v) is 12.2. The Morgan fingerprint density at radius 2 is 2.50 bits per heavy atom. The van der Waals surface area contributed by atoms with E-state index >= 15 is 0 Å². The molecule has 2 aromatic heterocycles. The second kappa shape index (κ2) is 5.76. The van der Waals surface area contributed by atoms with Gasteiger partial charge in [-0.15, -0.1) is 11.3 Å². The van der Waals surface area contributed by atoms with Gasteiger partial charge in [0, 0.05) is 38.2 Å². The summed E-state index contributed by atoms with van der Waals surface area (Å²) < 4.78 is 0. The Labute approximate surface area is 122 Å². The molecule has 0 spiro atoms. The highest BCUT2D eigenvalue weighted by atomic mass is 32.1. The van der Waals surface area contributed by atoms with Crippen LogP contribution in [0.15, 0.2) is 23.7 Å². The van der Waals surface area contributed by atoms with Crippen LogP contribution in [0.1, 0.15) is 18.4 Å². The molecule has 0 radical (unpaired) electrons. The first-order valence-corrected chi connectivity index (χ1v) is 7.65. The molecule has 0 aromatic carbocycles. The van der Waals surface area contributed by atoms with Crippen molar-refractivity contribution in [1.82, 2.24) is 20.4 Å². The molecule has 106 valence electrons. The molecule has 6 heteroatoms. The van der Waals surface area contributed by atoms with Crippen LogP contribution in [0.5, 0.6) is 0 Å². The molecule has 1 amide bonds. The van der Waals surface area contributed by atoms with Gasteiger partial charge in [0.15, 0.2) is 0 Å². The van der Waals surface area contributed by atoms with E-state index in [2.05, 4.69) is 27.0 Å². The fourth-order valence-corrected chi connectivity index (χ4v) is 3.27. The van der Waals surface area contributed by atoms with Crippen LogP contribution in [0.2, 0.25) is 0 Å². The smallest absolute Gasteiger partial charge is 0.222 e. The maximum atomic E-state index is 11.5. The van der Waals surface area contributed by atoms with Gasteiger partial charge in [-0.05, 0) is 17.9 Å². The molecule has 1 aliphatic rings. The lowest BCUT2D eigenvalue weighted by atomic mass is 10.1. The van der Waals surface area contributed by atoms with Gasteiger partial charge in [0.2, 0.25) is 5.91 Å². The lowest BCUT2D eigenvalue weighted by Crippen LogP contribution is -2.46. The van der Waals surface area contributed by atoms with Crippen LogP contribution in [0.4, 0.5) is 0 Å². The van der Waals surface area contributed by atoms with Gasteiger partial charge in [0.05, 0.1) is 16.8 Å². The molecule has 1 aliphatic heterocycles. The topological polar surface area (TPSA) is 61.0 Å². The Morgan fingerprint density at radius 3 is 3.25 bits per heavy atom. The van der Waals surface area contributed by atoms with Gasteiger partial charge in [-0.25, -0.2) is 0 Å². The van der Waals surface area contributed by atoms with Gasteiger partial charge in [-0.1, -0.05) is 6.07 Å². The van der Waals surface area contributed by atoms with Gasteiger partial charge in [0.1, 0.15) is 0 Å². The van der Waals surface area contributed by atoms with E-state index in [1.165, 1.54) is 10.4 Å². The molecular formula is C14H18N4OS. The number of carbonyl (C=O) groups excluding carboxylic acids is 1. The summed E-state index contributed by atoms with van der Waals surface area (Å²) in [7, 11) is 1.87. The molecular weight excluding hydrogens is 272 g/mol. The molecule has 1 saturated heterocycles. The number of amides is 1. The normalized spacial score (nSPS) is 19.6. The molecule has 1 fully saturated rings. The van der Waals surface area contributed by atoms with Crippen LogP contribution in [-0.4, -0.2) is 40.6 Å². The van der Waals surface area contributed by atoms with Crippen molar-refractivity contribution in [2.45, 2.75) is 25.4 Å². The van der Waals surface area contributed by atoms with E-state index in [1.54, 1.807) is 16.2 Å². The number of rotatable bonds is 4. The van der Waals surface area contributed by atoms with Crippen molar-refractivity contribution in [2.24, 2.45) is 0 Å². The van der Waals surface area contributed by atoms with Crippen LogP contribution in [0, 0.1) is 0 Å². The van der Waals surface area contributed by atoms with Crippen molar-refractivity contribution in [2.75, 3.05) is 13.6 Å². The average Bonchev–Trinajstić information content (AvgIpc) is 3.09. The molecule has 0 aliphatic carbocycles. The van der Waals surface area contributed by atoms with E-state index in [0.717, 1.165) is 25.2 Å². The highest BCUT2D eigenvalue weighted by Gasteiger charge is 2.22. The molecule has 0 bridgehead atoms. The second-order valence-electron chi connectivity index (χ2n) is 5.14. The van der Waals surface area contributed by atoms with Crippen LogP contribution >= 0.6 is 11.3 Å². The third-order valence-corrected chi connectivity index (χ3v) is 4.58. The van der Waals surface area contributed by atoms with Gasteiger partial charge >= 0.3 is 0 Å². The summed E-state index contributed by atoms with van der Waals surface area (Å²) in [5, 5.41) is 12.8. The molecule has 2 N–H and O–H groups in total. The number of hydrogen-bond donors (Lipinski definition) is 2. The summed E-state index contributed by atoms with van der Waals surface area (Å²) >= 11 is 1.71. The molecule has 3 rings (SSSR count). The number of H-pyrrole nitrogens is 1. The summed E-state index contributed by atoms with van der Waals surface area (Å²) in [6, 6.07) is 4.50. The minimum atomic E-state index is 0.241. The van der Waals surface area contributed by atoms with Gasteiger partial charge in [-0.2, -0.15) is 5.10 Å². The van der Waals surface area contributed by atoms with E-state index in [0.29, 0.717) is 12.5 Å². The van der Waals surface area contributed by atoms with Crippen molar-refractivity contribution < 1.29 is 4.79 Å². The molecule has 3 heterocycles. The van der Waals surface area contributed by atoms with Crippen molar-refractivity contribution in [1.29, 1.82) is 0 Å². The zero-order chi connectivity index (χ0) is 13.9. The Morgan fingerprint density at radius 1 is 1.60 bits per heavy atom. The van der Waals surface area contributed by atoms with Crippen LogP contribution in [0.25, 0.3) is 10.6 Å².